The van der Waals surface area contributed by atoms with Crippen LogP contribution >= 0.6 is 0 Å². The summed E-state index contributed by atoms with van der Waals surface area (Å²) in [7, 11) is 0. The molecule has 2 rings (SSSR count). The van der Waals surface area contributed by atoms with E-state index >= 15 is 0 Å². The van der Waals surface area contributed by atoms with E-state index in [4.69, 9.17) is 9.57 Å². The van der Waals surface area contributed by atoms with Gasteiger partial charge in [0.2, 0.25) is 0 Å². The second-order valence-electron chi connectivity index (χ2n) is 3.00. The number of fused-ring (bicyclic) bond motifs is 1. The molecule has 2 saturated heterocycles. The van der Waals surface area contributed by atoms with Gasteiger partial charge in [0.05, 0.1) is 12.1 Å². The van der Waals surface area contributed by atoms with Crippen LogP contribution in [0.5, 0.6) is 0 Å². The highest BCUT2D eigenvalue weighted by Gasteiger charge is 2.54. The van der Waals surface area contributed by atoms with Crippen LogP contribution in [0.4, 0.5) is 0 Å². The van der Waals surface area contributed by atoms with Crippen LogP contribution in [-0.2, 0) is 9.57 Å². The third-order valence-electron chi connectivity index (χ3n) is 2.50. The third kappa shape index (κ3) is 0.779. The minimum absolute atomic E-state index is 0.0000926. The predicted molar refractivity (Wildman–Crippen MR) is 36.0 cm³/mol. The van der Waals surface area contributed by atoms with Gasteiger partial charge in [0, 0.05) is 0 Å². The molecular formula is C7H13NO2. The largest absolute Gasteiger partial charge is 0.329 e. The van der Waals surface area contributed by atoms with Gasteiger partial charge in [-0.05, 0) is 12.8 Å². The molecule has 0 aromatic rings. The summed E-state index contributed by atoms with van der Waals surface area (Å²) in [5.41, 5.74) is 0.100. The Hall–Kier alpha value is -0.120. The summed E-state index contributed by atoms with van der Waals surface area (Å²) in [6, 6.07) is 0. The van der Waals surface area contributed by atoms with E-state index in [9.17, 15) is 0 Å². The maximum absolute atomic E-state index is 5.62. The molecule has 0 aliphatic carbocycles. The van der Waals surface area contributed by atoms with Gasteiger partial charge in [-0.2, -0.15) is 0 Å². The third-order valence-corrected chi connectivity index (χ3v) is 2.50. The van der Waals surface area contributed by atoms with E-state index in [0.29, 0.717) is 0 Å². The minimum Gasteiger partial charge on any atom is -0.329 e. The van der Waals surface area contributed by atoms with Crippen molar-refractivity contribution in [3.63, 3.8) is 0 Å². The summed E-state index contributed by atoms with van der Waals surface area (Å²) >= 11 is 0. The fraction of sp³-hybridized carbons (Fsp3) is 1.00. The Labute approximate surface area is 60.9 Å². The molecule has 0 spiro atoms. The summed E-state index contributed by atoms with van der Waals surface area (Å²) in [5, 5.41) is 1.90. The van der Waals surface area contributed by atoms with Gasteiger partial charge in [-0.15, -0.1) is 5.06 Å². The molecule has 2 unspecified atom stereocenters. The van der Waals surface area contributed by atoms with E-state index in [1.807, 2.05) is 5.06 Å². The lowest BCUT2D eigenvalue weighted by Crippen LogP contribution is -2.33. The van der Waals surface area contributed by atoms with Crippen molar-refractivity contribution in [2.24, 2.45) is 0 Å². The van der Waals surface area contributed by atoms with Crippen molar-refractivity contribution in [2.45, 2.75) is 38.7 Å². The van der Waals surface area contributed by atoms with E-state index in [1.165, 1.54) is 0 Å². The number of ether oxygens (including phenoxy) is 1. The van der Waals surface area contributed by atoms with Gasteiger partial charge in [-0.25, -0.2) is 4.84 Å². The van der Waals surface area contributed by atoms with Crippen LogP contribution in [0.1, 0.15) is 26.7 Å². The molecule has 0 N–H and O–H groups in total. The van der Waals surface area contributed by atoms with Gasteiger partial charge in [0.1, 0.15) is 0 Å². The molecule has 2 aliphatic rings. The quantitative estimate of drug-likeness (QED) is 0.541. The minimum atomic E-state index is -0.0000926. The molecule has 2 fully saturated rings. The molecule has 0 amide bonds. The molecule has 0 aromatic carbocycles. The van der Waals surface area contributed by atoms with Gasteiger partial charge < -0.3 is 4.74 Å². The van der Waals surface area contributed by atoms with Crippen molar-refractivity contribution >= 4 is 0 Å². The van der Waals surface area contributed by atoms with Crippen LogP contribution in [0.2, 0.25) is 0 Å². The molecule has 10 heavy (non-hydrogen) atoms. The first-order valence-corrected chi connectivity index (χ1v) is 3.91. The molecule has 0 radical (unpaired) electrons. The van der Waals surface area contributed by atoms with Crippen molar-refractivity contribution in [2.75, 3.05) is 6.54 Å². The fourth-order valence-corrected chi connectivity index (χ4v) is 1.46. The molecule has 0 saturated carbocycles. The Kier molecular flexibility index (Phi) is 1.27. The highest BCUT2D eigenvalue weighted by molar-refractivity contribution is 4.88. The lowest BCUT2D eigenvalue weighted by molar-refractivity contribution is -0.0918. The molecule has 58 valence electrons. The number of hydrogen-bond acceptors (Lipinski definition) is 3. The molecule has 0 bridgehead atoms. The van der Waals surface area contributed by atoms with Crippen molar-refractivity contribution < 1.29 is 9.57 Å². The molecule has 2 heterocycles. The topological polar surface area (TPSA) is 24.8 Å². The molecule has 3 heteroatoms. The average molecular weight is 143 g/mol. The molecule has 0 aromatic heterocycles. The highest BCUT2D eigenvalue weighted by atomic mass is 17.0. The fourth-order valence-electron chi connectivity index (χ4n) is 1.46. The Morgan fingerprint density at radius 2 is 2.20 bits per heavy atom. The number of nitrogens with zero attached hydrogens (tertiary/aromatic N) is 1. The molecule has 2 aliphatic heterocycles. The van der Waals surface area contributed by atoms with Crippen LogP contribution in [0, 0.1) is 0 Å². The van der Waals surface area contributed by atoms with E-state index < -0.39 is 0 Å². The lowest BCUT2D eigenvalue weighted by atomic mass is 9.98. The Bertz CT molecular complexity index is 133. The van der Waals surface area contributed by atoms with Gasteiger partial charge in [-0.1, -0.05) is 13.8 Å². The zero-order valence-electron chi connectivity index (χ0n) is 6.46. The van der Waals surface area contributed by atoms with Gasteiger partial charge >= 0.3 is 0 Å². The maximum atomic E-state index is 5.62. The highest BCUT2D eigenvalue weighted by Crippen LogP contribution is 2.40. The van der Waals surface area contributed by atoms with Crippen molar-refractivity contribution in [3.05, 3.63) is 0 Å². The first-order valence-electron chi connectivity index (χ1n) is 3.91. The van der Waals surface area contributed by atoms with Gasteiger partial charge in [-0.3, -0.25) is 0 Å². The zero-order chi connectivity index (χ0) is 7.19. The monoisotopic (exact) mass is 143 g/mol. The Morgan fingerprint density at radius 3 is 2.50 bits per heavy atom. The number of hydroxylamine groups is 2. The Balaban J connectivity index is 2.02. The zero-order valence-corrected chi connectivity index (χ0v) is 6.46. The van der Waals surface area contributed by atoms with Gasteiger partial charge in [0.15, 0.2) is 0 Å². The van der Waals surface area contributed by atoms with Crippen molar-refractivity contribution in [1.82, 2.24) is 5.06 Å². The summed E-state index contributed by atoms with van der Waals surface area (Å²) in [5.74, 6) is 0. The summed E-state index contributed by atoms with van der Waals surface area (Å²) < 4.78 is 5.62. The normalized spacial score (nSPS) is 41.4. The van der Waals surface area contributed by atoms with Crippen LogP contribution in [-0.4, -0.2) is 23.6 Å². The van der Waals surface area contributed by atoms with Crippen molar-refractivity contribution in [3.8, 4) is 0 Å². The first kappa shape index (κ1) is 6.58. The predicted octanol–water partition coefficient (Wildman–Crippen LogP) is 1.11. The number of hydrogen-bond donors (Lipinski definition) is 0. The standard InChI is InChI=1S/C7H13NO2/c1-3-7(4-2)5-8-6(9-7)10-8/h6H,3-5H2,1-2H3. The van der Waals surface area contributed by atoms with Crippen LogP contribution < -0.4 is 0 Å². The summed E-state index contributed by atoms with van der Waals surface area (Å²) in [6.07, 6.45) is 2.17. The van der Waals surface area contributed by atoms with Gasteiger partial charge in [0.25, 0.3) is 6.41 Å². The Morgan fingerprint density at radius 1 is 1.50 bits per heavy atom. The summed E-state index contributed by atoms with van der Waals surface area (Å²) in [4.78, 5) is 5.02. The van der Waals surface area contributed by atoms with Crippen molar-refractivity contribution in [1.29, 1.82) is 0 Å². The molecule has 2 atom stereocenters. The maximum Gasteiger partial charge on any atom is 0.259 e. The SMILES string of the molecule is CCC1(CC)CN2OC2O1. The summed E-state index contributed by atoms with van der Waals surface area (Å²) in [6.45, 7) is 5.27. The second-order valence-corrected chi connectivity index (χ2v) is 3.00. The smallest absolute Gasteiger partial charge is 0.259 e. The molecular weight excluding hydrogens is 130 g/mol. The van der Waals surface area contributed by atoms with E-state index in [0.717, 1.165) is 19.4 Å². The molecule has 3 nitrogen and oxygen atoms in total. The number of rotatable bonds is 2. The van der Waals surface area contributed by atoms with Crippen LogP contribution in [0.25, 0.3) is 0 Å². The van der Waals surface area contributed by atoms with E-state index in [1.54, 1.807) is 0 Å². The van der Waals surface area contributed by atoms with Crippen LogP contribution in [0.3, 0.4) is 0 Å². The average Bonchev–Trinajstić information content (AvgIpc) is 2.60. The lowest BCUT2D eigenvalue weighted by Gasteiger charge is -2.25. The van der Waals surface area contributed by atoms with E-state index in [-0.39, 0.29) is 12.0 Å². The van der Waals surface area contributed by atoms with E-state index in [2.05, 4.69) is 13.8 Å². The first-order chi connectivity index (χ1) is 4.79. The second kappa shape index (κ2) is 1.94. The van der Waals surface area contributed by atoms with Crippen LogP contribution in [0.15, 0.2) is 0 Å².